The Morgan fingerprint density at radius 1 is 1.03 bits per heavy atom. The first-order valence-electron chi connectivity index (χ1n) is 9.63. The summed E-state index contributed by atoms with van der Waals surface area (Å²) in [6, 6.07) is 13.1. The molecule has 0 spiro atoms. The van der Waals surface area contributed by atoms with Crippen LogP contribution in [0.15, 0.2) is 53.4 Å². The van der Waals surface area contributed by atoms with Gasteiger partial charge in [-0.15, -0.1) is 0 Å². The molecule has 1 aliphatic rings. The van der Waals surface area contributed by atoms with Crippen molar-refractivity contribution < 1.29 is 22.7 Å². The van der Waals surface area contributed by atoms with Crippen molar-refractivity contribution >= 4 is 39.0 Å². The Bertz CT molecular complexity index is 1010. The zero-order chi connectivity index (χ0) is 21.6. The Kier molecular flexibility index (Phi) is 7.60. The molecule has 1 fully saturated rings. The molecule has 0 saturated carbocycles. The van der Waals surface area contributed by atoms with Gasteiger partial charge in [-0.05, 0) is 24.6 Å². The third-order valence-electron chi connectivity index (χ3n) is 4.72. The third-order valence-corrected chi connectivity index (χ3v) is 6.95. The number of amides is 1. The highest BCUT2D eigenvalue weighted by molar-refractivity contribution is 7.89. The number of carbonyl (C=O) groups is 2. The SMILES string of the molecule is O=C(CCCC(=O)c1ccccc1)Nc1cc(S(=O)(=O)N2CCOCC2)ccc1Cl. The minimum Gasteiger partial charge on any atom is -0.379 e. The number of hydrogen-bond acceptors (Lipinski definition) is 5. The van der Waals surface area contributed by atoms with Crippen LogP contribution in [0.3, 0.4) is 0 Å². The molecule has 2 aromatic carbocycles. The van der Waals surface area contributed by atoms with Gasteiger partial charge < -0.3 is 10.1 Å². The van der Waals surface area contributed by atoms with E-state index in [4.69, 9.17) is 16.3 Å². The molecule has 1 aliphatic heterocycles. The Balaban J connectivity index is 1.60. The Hall–Kier alpha value is -2.26. The van der Waals surface area contributed by atoms with Crippen LogP contribution in [0.2, 0.25) is 5.02 Å². The van der Waals surface area contributed by atoms with E-state index in [1.807, 2.05) is 6.07 Å². The molecule has 0 aromatic heterocycles. The third kappa shape index (κ3) is 5.66. The maximum absolute atomic E-state index is 12.8. The van der Waals surface area contributed by atoms with Crippen molar-refractivity contribution in [3.8, 4) is 0 Å². The number of carbonyl (C=O) groups excluding carboxylic acids is 2. The number of sulfonamides is 1. The molecule has 7 nitrogen and oxygen atoms in total. The lowest BCUT2D eigenvalue weighted by Gasteiger charge is -2.26. The van der Waals surface area contributed by atoms with Gasteiger partial charge in [0, 0.05) is 31.5 Å². The fourth-order valence-electron chi connectivity index (χ4n) is 3.09. The van der Waals surface area contributed by atoms with E-state index in [0.717, 1.165) is 0 Å². The van der Waals surface area contributed by atoms with Gasteiger partial charge in [0.05, 0.1) is 28.8 Å². The number of rotatable bonds is 8. The monoisotopic (exact) mass is 450 g/mol. The second kappa shape index (κ2) is 10.2. The van der Waals surface area contributed by atoms with E-state index in [1.54, 1.807) is 24.3 Å². The molecule has 0 radical (unpaired) electrons. The van der Waals surface area contributed by atoms with Crippen molar-refractivity contribution in [2.45, 2.75) is 24.2 Å². The summed E-state index contributed by atoms with van der Waals surface area (Å²) in [6.07, 6.45) is 0.745. The van der Waals surface area contributed by atoms with Gasteiger partial charge in [-0.25, -0.2) is 8.42 Å². The van der Waals surface area contributed by atoms with Crippen LogP contribution in [0.4, 0.5) is 5.69 Å². The van der Waals surface area contributed by atoms with Gasteiger partial charge in [-0.3, -0.25) is 9.59 Å². The first-order chi connectivity index (χ1) is 14.4. The molecular formula is C21H23ClN2O5S. The van der Waals surface area contributed by atoms with Gasteiger partial charge in [0.25, 0.3) is 0 Å². The van der Waals surface area contributed by atoms with Gasteiger partial charge in [-0.1, -0.05) is 41.9 Å². The van der Waals surface area contributed by atoms with Crippen LogP contribution in [-0.2, 0) is 19.6 Å². The molecule has 3 rings (SSSR count). The fourth-order valence-corrected chi connectivity index (χ4v) is 4.69. The summed E-state index contributed by atoms with van der Waals surface area (Å²) in [4.78, 5) is 24.5. The van der Waals surface area contributed by atoms with E-state index < -0.39 is 10.0 Å². The number of halogens is 1. The van der Waals surface area contributed by atoms with Gasteiger partial charge in [0.15, 0.2) is 5.78 Å². The molecule has 0 aliphatic carbocycles. The molecule has 160 valence electrons. The summed E-state index contributed by atoms with van der Waals surface area (Å²) < 4.78 is 32.1. The average molecular weight is 451 g/mol. The number of morpholine rings is 1. The molecule has 0 unspecified atom stereocenters. The normalized spacial score (nSPS) is 15.0. The van der Waals surface area contributed by atoms with Gasteiger partial charge in [0.2, 0.25) is 15.9 Å². The first kappa shape index (κ1) is 22.4. The van der Waals surface area contributed by atoms with Crippen LogP contribution < -0.4 is 5.32 Å². The molecule has 0 bridgehead atoms. The Morgan fingerprint density at radius 2 is 1.73 bits per heavy atom. The minimum absolute atomic E-state index is 0.0277. The van der Waals surface area contributed by atoms with Crippen molar-refractivity contribution in [1.29, 1.82) is 0 Å². The van der Waals surface area contributed by atoms with Crippen LogP contribution >= 0.6 is 11.6 Å². The summed E-state index contributed by atoms with van der Waals surface area (Å²) in [6.45, 7) is 1.25. The van der Waals surface area contributed by atoms with Gasteiger partial charge in [-0.2, -0.15) is 4.31 Å². The highest BCUT2D eigenvalue weighted by Crippen LogP contribution is 2.27. The number of Topliss-reactive ketones (excluding diaryl/α,β-unsaturated/α-hetero) is 1. The topological polar surface area (TPSA) is 92.8 Å². The highest BCUT2D eigenvalue weighted by atomic mass is 35.5. The fraction of sp³-hybridized carbons (Fsp3) is 0.333. The summed E-state index contributed by atoms with van der Waals surface area (Å²) >= 11 is 6.14. The molecule has 1 amide bonds. The molecular weight excluding hydrogens is 428 g/mol. The summed E-state index contributed by atoms with van der Waals surface area (Å²) in [5.41, 5.74) is 0.840. The van der Waals surface area contributed by atoms with Crippen molar-refractivity contribution in [3.05, 3.63) is 59.1 Å². The molecule has 2 aromatic rings. The lowest BCUT2D eigenvalue weighted by Crippen LogP contribution is -2.40. The van der Waals surface area contributed by atoms with E-state index in [1.165, 1.54) is 22.5 Å². The summed E-state index contributed by atoms with van der Waals surface area (Å²) in [5, 5.41) is 2.89. The Labute approximate surface area is 181 Å². The second-order valence-electron chi connectivity index (χ2n) is 6.85. The molecule has 1 heterocycles. The minimum atomic E-state index is -3.70. The van der Waals surface area contributed by atoms with Crippen LogP contribution in [-0.4, -0.2) is 50.7 Å². The smallest absolute Gasteiger partial charge is 0.243 e. The van der Waals surface area contributed by atoms with E-state index in [-0.39, 0.29) is 53.2 Å². The second-order valence-corrected chi connectivity index (χ2v) is 9.19. The summed E-state index contributed by atoms with van der Waals surface area (Å²) in [5.74, 6) is -0.362. The Morgan fingerprint density at radius 3 is 2.43 bits per heavy atom. The number of ether oxygens (including phenoxy) is 1. The van der Waals surface area contributed by atoms with Crippen LogP contribution in [0.25, 0.3) is 0 Å². The number of benzene rings is 2. The molecule has 1 N–H and O–H groups in total. The first-order valence-corrected chi connectivity index (χ1v) is 11.5. The van der Waals surface area contributed by atoms with Crippen LogP contribution in [0.5, 0.6) is 0 Å². The lowest BCUT2D eigenvalue weighted by molar-refractivity contribution is -0.116. The maximum atomic E-state index is 12.8. The van der Waals surface area contributed by atoms with E-state index in [0.29, 0.717) is 25.2 Å². The van der Waals surface area contributed by atoms with Crippen molar-refractivity contribution in [1.82, 2.24) is 4.31 Å². The highest BCUT2D eigenvalue weighted by Gasteiger charge is 2.27. The number of anilines is 1. The lowest BCUT2D eigenvalue weighted by atomic mass is 10.1. The average Bonchev–Trinajstić information content (AvgIpc) is 2.76. The molecule has 0 atom stereocenters. The quantitative estimate of drug-likeness (QED) is 0.622. The standard InChI is InChI=1S/C21H23ClN2O5S/c22-18-10-9-17(30(27,28)24-11-13-29-14-12-24)15-19(18)23-21(26)8-4-7-20(25)16-5-2-1-3-6-16/h1-3,5-6,9-10,15H,4,7-8,11-14H2,(H,23,26). The number of nitrogens with one attached hydrogen (secondary N) is 1. The van der Waals surface area contributed by atoms with Crippen molar-refractivity contribution in [2.75, 3.05) is 31.6 Å². The zero-order valence-corrected chi connectivity index (χ0v) is 17.9. The maximum Gasteiger partial charge on any atom is 0.243 e. The van der Waals surface area contributed by atoms with E-state index >= 15 is 0 Å². The van der Waals surface area contributed by atoms with Gasteiger partial charge >= 0.3 is 0 Å². The molecule has 1 saturated heterocycles. The van der Waals surface area contributed by atoms with Crippen LogP contribution in [0, 0.1) is 0 Å². The largest absolute Gasteiger partial charge is 0.379 e. The molecule has 30 heavy (non-hydrogen) atoms. The van der Waals surface area contributed by atoms with Crippen LogP contribution in [0.1, 0.15) is 29.6 Å². The van der Waals surface area contributed by atoms with E-state index in [2.05, 4.69) is 5.32 Å². The zero-order valence-electron chi connectivity index (χ0n) is 16.3. The number of hydrogen-bond donors (Lipinski definition) is 1. The van der Waals surface area contributed by atoms with Crippen molar-refractivity contribution in [2.24, 2.45) is 0 Å². The van der Waals surface area contributed by atoms with Crippen molar-refractivity contribution in [3.63, 3.8) is 0 Å². The summed E-state index contributed by atoms with van der Waals surface area (Å²) in [7, 11) is -3.70. The van der Waals surface area contributed by atoms with E-state index in [9.17, 15) is 18.0 Å². The number of nitrogens with zero attached hydrogens (tertiary/aromatic N) is 1. The molecule has 9 heteroatoms. The number of ketones is 1. The predicted octanol–water partition coefficient (Wildman–Crippen LogP) is 3.35. The predicted molar refractivity (Wildman–Crippen MR) is 114 cm³/mol. The van der Waals surface area contributed by atoms with Gasteiger partial charge in [0.1, 0.15) is 0 Å².